The zero-order valence-electron chi connectivity index (χ0n) is 11.3. The molecule has 1 aliphatic rings. The van der Waals surface area contributed by atoms with E-state index in [1.54, 1.807) is 0 Å². The van der Waals surface area contributed by atoms with Gasteiger partial charge in [0.15, 0.2) is 6.29 Å². The molecule has 4 N–H and O–H groups in total. The van der Waals surface area contributed by atoms with Crippen molar-refractivity contribution in [2.24, 2.45) is 16.9 Å². The first kappa shape index (κ1) is 14.9. The summed E-state index contributed by atoms with van der Waals surface area (Å²) in [6.45, 7) is 6.54. The largest absolute Gasteiger partial charge is 0.350 e. The molecule has 1 fully saturated rings. The maximum absolute atomic E-state index is 6.08. The van der Waals surface area contributed by atoms with Crippen LogP contribution in [0, 0.1) is 5.41 Å². The Morgan fingerprint density at radius 2 is 1.71 bits per heavy atom. The van der Waals surface area contributed by atoms with Crippen LogP contribution in [0.3, 0.4) is 0 Å². The highest BCUT2D eigenvalue weighted by Gasteiger charge is 2.31. The predicted octanol–water partition coefficient (Wildman–Crippen LogP) is 1.62. The molecule has 1 unspecified atom stereocenters. The van der Waals surface area contributed by atoms with Crippen molar-refractivity contribution in [3.05, 3.63) is 0 Å². The van der Waals surface area contributed by atoms with Gasteiger partial charge in [-0.2, -0.15) is 0 Å². The van der Waals surface area contributed by atoms with E-state index in [4.69, 9.17) is 20.9 Å². The first-order valence-corrected chi connectivity index (χ1v) is 6.74. The molecule has 0 aromatic carbocycles. The van der Waals surface area contributed by atoms with Gasteiger partial charge in [-0.15, -0.1) is 0 Å². The first-order chi connectivity index (χ1) is 8.05. The Morgan fingerprint density at radius 3 is 2.29 bits per heavy atom. The van der Waals surface area contributed by atoms with Crippen LogP contribution in [0.2, 0.25) is 0 Å². The van der Waals surface area contributed by atoms with Crippen molar-refractivity contribution in [1.29, 1.82) is 0 Å². The van der Waals surface area contributed by atoms with Gasteiger partial charge in [0.05, 0.1) is 19.3 Å². The van der Waals surface area contributed by atoms with E-state index >= 15 is 0 Å². The van der Waals surface area contributed by atoms with E-state index in [0.29, 0.717) is 0 Å². The molecule has 0 aromatic heterocycles. The molecule has 4 nitrogen and oxygen atoms in total. The van der Waals surface area contributed by atoms with Gasteiger partial charge < -0.3 is 20.9 Å². The molecule has 1 aliphatic heterocycles. The van der Waals surface area contributed by atoms with Crippen LogP contribution in [0.1, 0.15) is 46.0 Å². The van der Waals surface area contributed by atoms with E-state index in [1.165, 1.54) is 12.8 Å². The van der Waals surface area contributed by atoms with E-state index in [-0.39, 0.29) is 17.7 Å². The maximum atomic E-state index is 6.08. The quantitative estimate of drug-likeness (QED) is 0.668. The Labute approximate surface area is 105 Å². The van der Waals surface area contributed by atoms with E-state index in [1.807, 2.05) is 0 Å². The molecule has 1 rings (SSSR count). The molecule has 0 spiro atoms. The Bertz CT molecular complexity index is 200. The number of hydrogen-bond donors (Lipinski definition) is 2. The third-order valence-electron chi connectivity index (χ3n) is 3.12. The fourth-order valence-electron chi connectivity index (χ4n) is 1.97. The van der Waals surface area contributed by atoms with E-state index < -0.39 is 0 Å². The Morgan fingerprint density at radius 1 is 1.12 bits per heavy atom. The van der Waals surface area contributed by atoms with Gasteiger partial charge in [0, 0.05) is 5.41 Å². The summed E-state index contributed by atoms with van der Waals surface area (Å²) in [4.78, 5) is 0. The van der Waals surface area contributed by atoms with Crippen LogP contribution in [-0.4, -0.2) is 32.1 Å². The summed E-state index contributed by atoms with van der Waals surface area (Å²) in [6.07, 6.45) is 5.40. The molecular formula is C13H28N2O2. The van der Waals surface area contributed by atoms with Gasteiger partial charge in [-0.3, -0.25) is 0 Å². The molecule has 17 heavy (non-hydrogen) atoms. The molecule has 102 valence electrons. The molecule has 4 heteroatoms. The summed E-state index contributed by atoms with van der Waals surface area (Å²) in [5.41, 5.74) is 11.6. The monoisotopic (exact) mass is 244 g/mol. The van der Waals surface area contributed by atoms with Crippen LogP contribution in [0.5, 0.6) is 0 Å². The number of unbranched alkanes of at least 4 members (excludes halogenated alkanes) is 3. The molecule has 1 atom stereocenters. The molecule has 1 saturated heterocycles. The second-order valence-electron chi connectivity index (χ2n) is 5.81. The highest BCUT2D eigenvalue weighted by atomic mass is 16.7. The van der Waals surface area contributed by atoms with Gasteiger partial charge in [0.2, 0.25) is 0 Å². The number of nitrogens with two attached hydrogens (primary N) is 2. The molecule has 1 heterocycles. The van der Waals surface area contributed by atoms with Crippen LogP contribution >= 0.6 is 0 Å². The van der Waals surface area contributed by atoms with Gasteiger partial charge in [-0.1, -0.05) is 33.1 Å². The maximum Gasteiger partial charge on any atom is 0.172 e. The molecular weight excluding hydrogens is 216 g/mol. The predicted molar refractivity (Wildman–Crippen MR) is 69.6 cm³/mol. The summed E-state index contributed by atoms with van der Waals surface area (Å²) in [5, 5.41) is 0. The van der Waals surface area contributed by atoms with Gasteiger partial charge in [-0.05, 0) is 19.4 Å². The molecule has 0 amide bonds. The number of ether oxygens (including phenoxy) is 2. The van der Waals surface area contributed by atoms with Crippen LogP contribution in [0.25, 0.3) is 0 Å². The summed E-state index contributed by atoms with van der Waals surface area (Å²) in [5.74, 6) is 0. The average molecular weight is 244 g/mol. The second kappa shape index (κ2) is 7.31. The van der Waals surface area contributed by atoms with E-state index in [2.05, 4.69) is 13.8 Å². The van der Waals surface area contributed by atoms with Crippen molar-refractivity contribution in [2.75, 3.05) is 19.8 Å². The van der Waals surface area contributed by atoms with E-state index in [0.717, 1.165) is 39.0 Å². The van der Waals surface area contributed by atoms with Crippen molar-refractivity contribution in [2.45, 2.75) is 58.3 Å². The fourth-order valence-corrected chi connectivity index (χ4v) is 1.97. The Balaban J connectivity index is 2.10. The number of hydrogen-bond acceptors (Lipinski definition) is 4. The van der Waals surface area contributed by atoms with Crippen LogP contribution in [0.4, 0.5) is 0 Å². The Kier molecular flexibility index (Phi) is 6.41. The minimum atomic E-state index is -0.211. The van der Waals surface area contributed by atoms with Crippen LogP contribution < -0.4 is 11.5 Å². The summed E-state index contributed by atoms with van der Waals surface area (Å²) < 4.78 is 11.3. The van der Waals surface area contributed by atoms with Gasteiger partial charge in [-0.25, -0.2) is 0 Å². The standard InChI is InChI=1S/C13H28N2O2/c1-13(2)9-16-12(17-10-13)11(15)7-5-3-4-6-8-14/h11-12H,3-10,14-15H2,1-2H3. The van der Waals surface area contributed by atoms with Crippen LogP contribution in [-0.2, 0) is 9.47 Å². The fraction of sp³-hybridized carbons (Fsp3) is 1.00. The lowest BCUT2D eigenvalue weighted by atomic mass is 9.95. The smallest absolute Gasteiger partial charge is 0.172 e. The van der Waals surface area contributed by atoms with Crippen molar-refractivity contribution >= 4 is 0 Å². The van der Waals surface area contributed by atoms with Crippen molar-refractivity contribution < 1.29 is 9.47 Å². The zero-order chi connectivity index (χ0) is 12.7. The highest BCUT2D eigenvalue weighted by Crippen LogP contribution is 2.24. The first-order valence-electron chi connectivity index (χ1n) is 6.74. The van der Waals surface area contributed by atoms with Crippen molar-refractivity contribution in [1.82, 2.24) is 0 Å². The lowest BCUT2D eigenvalue weighted by molar-refractivity contribution is -0.230. The van der Waals surface area contributed by atoms with Crippen LogP contribution in [0.15, 0.2) is 0 Å². The van der Waals surface area contributed by atoms with Crippen molar-refractivity contribution in [3.8, 4) is 0 Å². The Hall–Kier alpha value is -0.160. The summed E-state index contributed by atoms with van der Waals surface area (Å²) in [7, 11) is 0. The summed E-state index contributed by atoms with van der Waals surface area (Å²) in [6, 6.07) is 0.00368. The normalized spacial score (nSPS) is 22.6. The lowest BCUT2D eigenvalue weighted by Crippen LogP contribution is -2.46. The molecule has 0 aromatic rings. The highest BCUT2D eigenvalue weighted by molar-refractivity contribution is 4.76. The second-order valence-corrected chi connectivity index (χ2v) is 5.81. The average Bonchev–Trinajstić information content (AvgIpc) is 2.28. The van der Waals surface area contributed by atoms with Gasteiger partial charge in [0.25, 0.3) is 0 Å². The zero-order valence-corrected chi connectivity index (χ0v) is 11.3. The lowest BCUT2D eigenvalue weighted by Gasteiger charge is -2.36. The molecule has 0 aliphatic carbocycles. The topological polar surface area (TPSA) is 70.5 Å². The minimum Gasteiger partial charge on any atom is -0.350 e. The third-order valence-corrected chi connectivity index (χ3v) is 3.12. The van der Waals surface area contributed by atoms with E-state index in [9.17, 15) is 0 Å². The van der Waals surface area contributed by atoms with Crippen molar-refractivity contribution in [3.63, 3.8) is 0 Å². The SMILES string of the molecule is CC1(C)COC(C(N)CCCCCCN)OC1. The minimum absolute atomic E-state index is 0.00368. The molecule has 0 saturated carbocycles. The number of rotatable bonds is 7. The van der Waals surface area contributed by atoms with Gasteiger partial charge >= 0.3 is 0 Å². The summed E-state index contributed by atoms with van der Waals surface area (Å²) >= 11 is 0. The third kappa shape index (κ3) is 5.82. The molecule has 0 radical (unpaired) electrons. The van der Waals surface area contributed by atoms with Gasteiger partial charge in [0.1, 0.15) is 0 Å². The molecule has 0 bridgehead atoms.